The average molecular weight is 861 g/mol. The molecular weight excluding hydrogens is 804 g/mol. The number of hydrogen-bond donors (Lipinski definition) is 16. The third-order valence-corrected chi connectivity index (χ3v) is 10.4. The van der Waals surface area contributed by atoms with Gasteiger partial charge < -0.3 is 104 Å². The van der Waals surface area contributed by atoms with E-state index in [4.69, 9.17) is 52.7 Å². The number of aliphatic carboxylic acids is 1. The number of nitrogens with two attached hydrogens (primary N) is 5. The molecule has 0 spiro atoms. The molecule has 1 aliphatic carbocycles. The summed E-state index contributed by atoms with van der Waals surface area (Å²) >= 11 is 0. The molecule has 2 aliphatic heterocycles. The van der Waals surface area contributed by atoms with Crippen molar-refractivity contribution in [2.24, 2.45) is 28.7 Å². The highest BCUT2D eigenvalue weighted by Gasteiger charge is 2.51. The number of carbonyl (C=O) groups is 5. The van der Waals surface area contributed by atoms with E-state index in [0.29, 0.717) is 5.56 Å². The molecule has 25 heteroatoms. The minimum absolute atomic E-state index is 0.0356. The SMILES string of the molecule is NC[C@H]1O[C@H](O[C@H]2[C@H](O)[C@@H](O[C@H]3O[C@H](CNC(=O)CCC(=O)N[C@@H](Cc4ccc(O)cc4)C(=O)N[C@@H](CC(=O)O)C(N)=O)[C@@H](O)[C@H](N)[C@H]3O)[C@H](N)C[C@@H]2N)[C@H](O)[C@@H](O)[C@@H]1O. The van der Waals surface area contributed by atoms with E-state index < -0.39 is 159 Å². The lowest BCUT2D eigenvalue weighted by Crippen LogP contribution is -2.68. The molecule has 0 radical (unpaired) electrons. The molecule has 4 rings (SSSR count). The summed E-state index contributed by atoms with van der Waals surface area (Å²) in [5, 5.41) is 89.6. The number of phenols is 1. The predicted octanol–water partition coefficient (Wildman–Crippen LogP) is -8.51. The molecule has 338 valence electrons. The van der Waals surface area contributed by atoms with E-state index in [0.717, 1.165) is 0 Å². The molecule has 2 heterocycles. The highest BCUT2D eigenvalue weighted by molar-refractivity contribution is 5.93. The van der Waals surface area contributed by atoms with E-state index in [-0.39, 0.29) is 25.1 Å². The highest BCUT2D eigenvalue weighted by atomic mass is 16.7. The van der Waals surface area contributed by atoms with Gasteiger partial charge in [0.2, 0.25) is 23.6 Å². The van der Waals surface area contributed by atoms with Gasteiger partial charge >= 0.3 is 5.97 Å². The number of amides is 4. The Balaban J connectivity index is 1.34. The second-order valence-electron chi connectivity index (χ2n) is 15.0. The molecule has 3 aliphatic rings. The van der Waals surface area contributed by atoms with E-state index >= 15 is 0 Å². The number of phenolic OH excluding ortho intramolecular Hbond substituents is 1. The zero-order chi connectivity index (χ0) is 44.6. The Morgan fingerprint density at radius 1 is 0.733 bits per heavy atom. The number of nitrogens with one attached hydrogen (secondary N) is 3. The van der Waals surface area contributed by atoms with Crippen molar-refractivity contribution in [2.75, 3.05) is 13.1 Å². The van der Waals surface area contributed by atoms with E-state index in [1.807, 2.05) is 0 Å². The quantitative estimate of drug-likeness (QED) is 0.0651. The Labute approximate surface area is 342 Å². The third kappa shape index (κ3) is 12.4. The first-order chi connectivity index (χ1) is 28.2. The monoisotopic (exact) mass is 860 g/mol. The Bertz CT molecular complexity index is 1630. The fourth-order valence-corrected chi connectivity index (χ4v) is 6.96. The molecule has 1 aromatic rings. The number of rotatable bonds is 18. The first-order valence-corrected chi connectivity index (χ1v) is 19.0. The number of aromatic hydroxyl groups is 1. The maximum atomic E-state index is 13.1. The zero-order valence-corrected chi connectivity index (χ0v) is 32.2. The van der Waals surface area contributed by atoms with Crippen LogP contribution in [0.4, 0.5) is 0 Å². The summed E-state index contributed by atoms with van der Waals surface area (Å²) < 4.78 is 22.9. The van der Waals surface area contributed by atoms with Crippen LogP contribution in [0, 0.1) is 0 Å². The molecule has 1 saturated carbocycles. The lowest BCUT2D eigenvalue weighted by molar-refractivity contribution is -0.330. The van der Waals surface area contributed by atoms with E-state index in [2.05, 4.69) is 16.0 Å². The predicted molar refractivity (Wildman–Crippen MR) is 200 cm³/mol. The number of carboxylic acid groups (broad SMARTS) is 1. The zero-order valence-electron chi connectivity index (χ0n) is 32.2. The molecule has 21 N–H and O–H groups in total. The van der Waals surface area contributed by atoms with Crippen LogP contribution in [0.25, 0.3) is 0 Å². The van der Waals surface area contributed by atoms with Crippen LogP contribution in [0.3, 0.4) is 0 Å². The van der Waals surface area contributed by atoms with Crippen LogP contribution in [-0.2, 0) is 49.3 Å². The maximum absolute atomic E-state index is 13.1. The summed E-state index contributed by atoms with van der Waals surface area (Å²) in [7, 11) is 0. The van der Waals surface area contributed by atoms with E-state index in [1.54, 1.807) is 0 Å². The van der Waals surface area contributed by atoms with Crippen molar-refractivity contribution in [3.63, 3.8) is 0 Å². The number of hydrogen-bond acceptors (Lipinski definition) is 20. The fourth-order valence-electron chi connectivity index (χ4n) is 6.96. The normalized spacial score (nSPS) is 35.4. The van der Waals surface area contributed by atoms with Gasteiger partial charge in [0.15, 0.2) is 12.6 Å². The van der Waals surface area contributed by atoms with Crippen LogP contribution in [-0.4, -0.2) is 187 Å². The van der Waals surface area contributed by atoms with Gasteiger partial charge in [0.25, 0.3) is 0 Å². The fraction of sp³-hybridized carbons (Fsp3) is 0.686. The number of benzene rings is 1. The molecule has 0 aromatic heterocycles. The number of ether oxygens (including phenoxy) is 4. The third-order valence-electron chi connectivity index (χ3n) is 10.4. The lowest BCUT2D eigenvalue weighted by Gasteiger charge is -2.48. The van der Waals surface area contributed by atoms with Gasteiger partial charge in [-0.15, -0.1) is 0 Å². The van der Waals surface area contributed by atoms with Gasteiger partial charge in [0.1, 0.15) is 72.8 Å². The number of aliphatic hydroxyl groups excluding tert-OH is 6. The number of aliphatic hydroxyl groups is 6. The minimum atomic E-state index is -1.76. The summed E-state index contributed by atoms with van der Waals surface area (Å²) in [6.45, 7) is -0.667. The van der Waals surface area contributed by atoms with Gasteiger partial charge in [0.05, 0.1) is 18.6 Å². The molecule has 3 fully saturated rings. The summed E-state index contributed by atoms with van der Waals surface area (Å²) in [6.07, 6.45) is -20.3. The molecule has 60 heavy (non-hydrogen) atoms. The van der Waals surface area contributed by atoms with Crippen molar-refractivity contribution < 1.29 is 83.8 Å². The Morgan fingerprint density at radius 2 is 1.30 bits per heavy atom. The highest BCUT2D eigenvalue weighted by Crippen LogP contribution is 2.31. The molecule has 1 aromatic carbocycles. The van der Waals surface area contributed by atoms with Crippen molar-refractivity contribution in [1.29, 1.82) is 0 Å². The van der Waals surface area contributed by atoms with Crippen molar-refractivity contribution in [3.8, 4) is 5.75 Å². The Morgan fingerprint density at radius 3 is 1.87 bits per heavy atom. The summed E-state index contributed by atoms with van der Waals surface area (Å²) in [5.74, 6) is -5.10. The average Bonchev–Trinajstić information content (AvgIpc) is 3.19. The number of carbonyl (C=O) groups excluding carboxylic acids is 4. The van der Waals surface area contributed by atoms with Gasteiger partial charge in [-0.3, -0.25) is 24.0 Å². The number of carboxylic acids is 1. The van der Waals surface area contributed by atoms with Gasteiger partial charge in [0, 0.05) is 44.4 Å². The van der Waals surface area contributed by atoms with Crippen LogP contribution < -0.4 is 44.6 Å². The molecule has 17 atom stereocenters. The van der Waals surface area contributed by atoms with Gasteiger partial charge in [-0.25, -0.2) is 0 Å². The summed E-state index contributed by atoms with van der Waals surface area (Å²) in [5.41, 5.74) is 29.8. The van der Waals surface area contributed by atoms with Crippen molar-refractivity contribution in [3.05, 3.63) is 29.8 Å². The molecule has 25 nitrogen and oxygen atoms in total. The molecule has 2 saturated heterocycles. The molecular formula is C35H56N8O17. The van der Waals surface area contributed by atoms with Crippen molar-refractivity contribution >= 4 is 29.6 Å². The van der Waals surface area contributed by atoms with Gasteiger partial charge in [-0.2, -0.15) is 0 Å². The Hall–Kier alpha value is -4.19. The van der Waals surface area contributed by atoms with Crippen molar-refractivity contribution in [2.45, 2.75) is 136 Å². The standard InChI is InChI=1S/C35H56N8O17/c36-10-18-25(50)27(52)28(53)35(57-18)60-31-15(38)8-14(37)30(29(31)54)59-34-26(51)23(39)24(49)19(58-34)11-41-20(45)5-6-21(46)42-17(7-12-1-3-13(44)4-2-12)33(56)43-16(32(40)55)9-22(47)48/h1-4,14-19,23-31,34-35,44,49-54H,5-11,36-39H2,(H2,40,55)(H,41,45)(H,42,46)(H,43,56)(H,47,48)/t14-,15+,16+,17+,18-,19-,23+,24-,25-,26-,27+,28-,29-,30+,31-,34-,35-/m1/s1. The smallest absolute Gasteiger partial charge is 0.305 e. The van der Waals surface area contributed by atoms with Gasteiger partial charge in [-0.05, 0) is 24.1 Å². The molecule has 0 bridgehead atoms. The summed E-state index contributed by atoms with van der Waals surface area (Å²) in [4.78, 5) is 61.8. The topological polar surface area (TPSA) is 450 Å². The lowest BCUT2D eigenvalue weighted by atomic mass is 9.84. The maximum Gasteiger partial charge on any atom is 0.305 e. The van der Waals surface area contributed by atoms with Crippen LogP contribution in [0.1, 0.15) is 31.2 Å². The van der Waals surface area contributed by atoms with Crippen molar-refractivity contribution in [1.82, 2.24) is 16.0 Å². The van der Waals surface area contributed by atoms with E-state index in [1.165, 1.54) is 24.3 Å². The van der Waals surface area contributed by atoms with Crippen LogP contribution in [0.2, 0.25) is 0 Å². The second kappa shape index (κ2) is 21.6. The van der Waals surface area contributed by atoms with E-state index in [9.17, 15) is 59.7 Å². The second-order valence-corrected chi connectivity index (χ2v) is 15.0. The first kappa shape index (κ1) is 48.5. The largest absolute Gasteiger partial charge is 0.508 e. The summed E-state index contributed by atoms with van der Waals surface area (Å²) in [6, 6.07) is -0.739. The van der Waals surface area contributed by atoms with Gasteiger partial charge in [-0.1, -0.05) is 12.1 Å². The Kier molecular flexibility index (Phi) is 17.4. The molecule has 0 unspecified atom stereocenters. The molecule has 4 amide bonds. The first-order valence-electron chi connectivity index (χ1n) is 19.0. The minimum Gasteiger partial charge on any atom is -0.508 e. The number of primary amides is 1. The van der Waals surface area contributed by atoms with Crippen LogP contribution in [0.15, 0.2) is 24.3 Å². The van der Waals surface area contributed by atoms with Crippen LogP contribution >= 0.6 is 0 Å². The van der Waals surface area contributed by atoms with Crippen LogP contribution in [0.5, 0.6) is 5.75 Å².